The molecule has 1 amide bonds. The summed E-state index contributed by atoms with van der Waals surface area (Å²) in [5, 5.41) is 6.22. The van der Waals surface area contributed by atoms with Gasteiger partial charge in [-0.25, -0.2) is 9.97 Å². The molecule has 1 saturated carbocycles. The highest BCUT2D eigenvalue weighted by molar-refractivity contribution is 5.76. The van der Waals surface area contributed by atoms with E-state index in [9.17, 15) is 4.79 Å². The molecule has 0 radical (unpaired) electrons. The number of hydrogen-bond acceptors (Lipinski definition) is 5. The van der Waals surface area contributed by atoms with E-state index in [0.717, 1.165) is 24.2 Å². The van der Waals surface area contributed by atoms with Crippen LogP contribution in [-0.2, 0) is 4.79 Å². The van der Waals surface area contributed by atoms with E-state index in [4.69, 9.17) is 0 Å². The van der Waals surface area contributed by atoms with E-state index in [0.29, 0.717) is 25.0 Å². The summed E-state index contributed by atoms with van der Waals surface area (Å²) in [6, 6.07) is 7.88. The van der Waals surface area contributed by atoms with Crippen molar-refractivity contribution in [3.8, 4) is 11.4 Å². The Morgan fingerprint density at radius 1 is 1.04 bits per heavy atom. The molecule has 2 heterocycles. The molecular formula is C18H23N5O. The molecule has 3 rings (SSSR count). The Kier molecular flexibility index (Phi) is 5.71. The van der Waals surface area contributed by atoms with E-state index in [1.165, 1.54) is 19.3 Å². The van der Waals surface area contributed by atoms with E-state index >= 15 is 0 Å². The summed E-state index contributed by atoms with van der Waals surface area (Å²) in [6.45, 7) is 0.518. The molecule has 6 heteroatoms. The summed E-state index contributed by atoms with van der Waals surface area (Å²) >= 11 is 0. The normalized spacial score (nSPS) is 15.0. The summed E-state index contributed by atoms with van der Waals surface area (Å²) in [5.74, 6) is 0.610. The first kappa shape index (κ1) is 16.4. The lowest BCUT2D eigenvalue weighted by molar-refractivity contribution is -0.121. The van der Waals surface area contributed by atoms with Crippen LogP contribution in [0.15, 0.2) is 36.7 Å². The summed E-state index contributed by atoms with van der Waals surface area (Å²) < 4.78 is 0. The number of aromatic nitrogens is 3. The third-order valence-corrected chi connectivity index (χ3v) is 4.19. The second kappa shape index (κ2) is 8.38. The van der Waals surface area contributed by atoms with Crippen LogP contribution in [0, 0.1) is 0 Å². The monoisotopic (exact) mass is 325 g/mol. The maximum atomic E-state index is 12.0. The van der Waals surface area contributed by atoms with Crippen LogP contribution in [0.4, 0.5) is 5.95 Å². The summed E-state index contributed by atoms with van der Waals surface area (Å²) in [4.78, 5) is 24.9. The SMILES string of the molecule is O=C(CCNc1nccc(-c2ccccn2)n1)NC1CCCCC1. The van der Waals surface area contributed by atoms with Gasteiger partial charge in [-0.15, -0.1) is 0 Å². The number of nitrogens with one attached hydrogen (secondary N) is 2. The molecule has 0 saturated heterocycles. The number of hydrogen-bond donors (Lipinski definition) is 2. The van der Waals surface area contributed by atoms with Gasteiger partial charge in [-0.3, -0.25) is 9.78 Å². The van der Waals surface area contributed by atoms with Crippen molar-refractivity contribution in [2.45, 2.75) is 44.6 Å². The van der Waals surface area contributed by atoms with Gasteiger partial charge in [0.1, 0.15) is 0 Å². The van der Waals surface area contributed by atoms with E-state index in [-0.39, 0.29) is 5.91 Å². The average molecular weight is 325 g/mol. The van der Waals surface area contributed by atoms with Crippen molar-refractivity contribution in [2.75, 3.05) is 11.9 Å². The fourth-order valence-corrected chi connectivity index (χ4v) is 2.94. The molecule has 2 N–H and O–H groups in total. The van der Waals surface area contributed by atoms with Gasteiger partial charge >= 0.3 is 0 Å². The molecule has 126 valence electrons. The predicted octanol–water partition coefficient (Wildman–Crippen LogP) is 2.79. The maximum Gasteiger partial charge on any atom is 0.223 e. The van der Waals surface area contributed by atoms with E-state index < -0.39 is 0 Å². The smallest absolute Gasteiger partial charge is 0.223 e. The lowest BCUT2D eigenvalue weighted by Gasteiger charge is -2.22. The van der Waals surface area contributed by atoms with Crippen molar-refractivity contribution in [3.63, 3.8) is 0 Å². The van der Waals surface area contributed by atoms with Crippen LogP contribution in [0.1, 0.15) is 38.5 Å². The number of carbonyl (C=O) groups is 1. The Morgan fingerprint density at radius 2 is 1.92 bits per heavy atom. The second-order valence-corrected chi connectivity index (χ2v) is 6.06. The van der Waals surface area contributed by atoms with Gasteiger partial charge in [-0.05, 0) is 31.0 Å². The van der Waals surface area contributed by atoms with Crippen LogP contribution >= 0.6 is 0 Å². The fraction of sp³-hybridized carbons (Fsp3) is 0.444. The van der Waals surface area contributed by atoms with Crippen molar-refractivity contribution >= 4 is 11.9 Å². The van der Waals surface area contributed by atoms with E-state index in [1.807, 2.05) is 24.3 Å². The van der Waals surface area contributed by atoms with Crippen molar-refractivity contribution < 1.29 is 4.79 Å². The highest BCUT2D eigenvalue weighted by Crippen LogP contribution is 2.17. The Labute approximate surface area is 142 Å². The number of carbonyl (C=O) groups excluding carboxylic acids is 1. The van der Waals surface area contributed by atoms with Crippen LogP contribution in [-0.4, -0.2) is 33.4 Å². The first-order valence-corrected chi connectivity index (χ1v) is 8.59. The van der Waals surface area contributed by atoms with Crippen molar-refractivity contribution in [2.24, 2.45) is 0 Å². The maximum absolute atomic E-state index is 12.0. The molecule has 1 fully saturated rings. The lowest BCUT2D eigenvalue weighted by Crippen LogP contribution is -2.36. The van der Waals surface area contributed by atoms with Crippen LogP contribution in [0.3, 0.4) is 0 Å². The molecule has 0 atom stereocenters. The molecule has 24 heavy (non-hydrogen) atoms. The van der Waals surface area contributed by atoms with Gasteiger partial charge in [0.2, 0.25) is 11.9 Å². The molecule has 1 aliphatic rings. The molecule has 1 aliphatic carbocycles. The quantitative estimate of drug-likeness (QED) is 0.853. The number of rotatable bonds is 6. The third kappa shape index (κ3) is 4.75. The van der Waals surface area contributed by atoms with Gasteiger partial charge in [0, 0.05) is 31.4 Å². The highest BCUT2D eigenvalue weighted by atomic mass is 16.1. The molecule has 0 aromatic carbocycles. The predicted molar refractivity (Wildman–Crippen MR) is 93.4 cm³/mol. The van der Waals surface area contributed by atoms with E-state index in [1.54, 1.807) is 12.4 Å². The fourth-order valence-electron chi connectivity index (χ4n) is 2.94. The minimum absolute atomic E-state index is 0.0929. The molecule has 2 aromatic rings. The second-order valence-electron chi connectivity index (χ2n) is 6.06. The Morgan fingerprint density at radius 3 is 2.71 bits per heavy atom. The van der Waals surface area contributed by atoms with Crippen LogP contribution in [0.2, 0.25) is 0 Å². The molecule has 6 nitrogen and oxygen atoms in total. The molecular weight excluding hydrogens is 302 g/mol. The van der Waals surface area contributed by atoms with Crippen molar-refractivity contribution in [1.29, 1.82) is 0 Å². The molecule has 0 unspecified atom stereocenters. The van der Waals surface area contributed by atoms with Crippen LogP contribution < -0.4 is 10.6 Å². The van der Waals surface area contributed by atoms with Gasteiger partial charge in [0.05, 0.1) is 11.4 Å². The topological polar surface area (TPSA) is 79.8 Å². The Hall–Kier alpha value is -2.50. The zero-order valence-electron chi connectivity index (χ0n) is 13.7. The summed E-state index contributed by atoms with van der Waals surface area (Å²) in [6.07, 6.45) is 9.80. The summed E-state index contributed by atoms with van der Waals surface area (Å²) in [7, 11) is 0. The van der Waals surface area contributed by atoms with Crippen LogP contribution in [0.25, 0.3) is 11.4 Å². The zero-order chi connectivity index (χ0) is 16.6. The Bertz CT molecular complexity index is 655. The lowest BCUT2D eigenvalue weighted by atomic mass is 9.95. The molecule has 0 aliphatic heterocycles. The third-order valence-electron chi connectivity index (χ3n) is 4.19. The first-order valence-electron chi connectivity index (χ1n) is 8.59. The molecule has 0 bridgehead atoms. The standard InChI is InChI=1S/C18H23N5O/c24-17(22-14-6-2-1-3-7-14)10-13-21-18-20-12-9-16(23-18)15-8-4-5-11-19-15/h4-5,8-9,11-12,14H,1-3,6-7,10,13H2,(H,22,24)(H,20,21,23). The average Bonchev–Trinajstić information content (AvgIpc) is 2.63. The minimum Gasteiger partial charge on any atom is -0.354 e. The van der Waals surface area contributed by atoms with Gasteiger partial charge in [0.15, 0.2) is 0 Å². The number of anilines is 1. The number of pyridine rings is 1. The first-order chi connectivity index (χ1) is 11.8. The van der Waals surface area contributed by atoms with E-state index in [2.05, 4.69) is 25.6 Å². The van der Waals surface area contributed by atoms with Gasteiger partial charge in [-0.1, -0.05) is 25.3 Å². The van der Waals surface area contributed by atoms with Crippen LogP contribution in [0.5, 0.6) is 0 Å². The van der Waals surface area contributed by atoms with Gasteiger partial charge in [0.25, 0.3) is 0 Å². The number of nitrogens with zero attached hydrogens (tertiary/aromatic N) is 3. The molecule has 2 aromatic heterocycles. The van der Waals surface area contributed by atoms with Gasteiger partial charge < -0.3 is 10.6 Å². The highest BCUT2D eigenvalue weighted by Gasteiger charge is 2.15. The van der Waals surface area contributed by atoms with Gasteiger partial charge in [-0.2, -0.15) is 0 Å². The molecule has 0 spiro atoms. The van der Waals surface area contributed by atoms with Crippen molar-refractivity contribution in [3.05, 3.63) is 36.7 Å². The summed E-state index contributed by atoms with van der Waals surface area (Å²) in [5.41, 5.74) is 1.57. The Balaban J connectivity index is 1.47. The minimum atomic E-state index is 0.0929. The largest absolute Gasteiger partial charge is 0.354 e. The zero-order valence-corrected chi connectivity index (χ0v) is 13.7. The number of amides is 1. The van der Waals surface area contributed by atoms with Crippen molar-refractivity contribution in [1.82, 2.24) is 20.3 Å².